The Balaban J connectivity index is 0.000000126. The zero-order valence-corrected chi connectivity index (χ0v) is 60.7. The summed E-state index contributed by atoms with van der Waals surface area (Å²) in [6.45, 7) is 8.59. The zero-order valence-electron chi connectivity index (χ0n) is 60.0. The molecule has 11 aliphatic rings. The van der Waals surface area contributed by atoms with Crippen molar-refractivity contribution < 1.29 is 9.31 Å². The molecule has 8 saturated carbocycles. The first kappa shape index (κ1) is 69.9. The molecule has 105 heavy (non-hydrogen) atoms. The first-order valence-corrected chi connectivity index (χ1v) is 37.7. The highest BCUT2D eigenvalue weighted by molar-refractivity contribution is 6.62. The number of nitrogens with zero attached hydrogens (tertiary/aromatic N) is 6. The Kier molecular flexibility index (Phi) is 18.3. The molecule has 0 unspecified atom stereocenters. The van der Waals surface area contributed by atoms with Crippen LogP contribution in [0.2, 0.25) is 5.28 Å². The molecule has 8 bridgehead atoms. The second-order valence-electron chi connectivity index (χ2n) is 31.8. The smallest absolute Gasteiger partial charge is 0.494 e. The average Bonchev–Trinajstić information content (AvgIpc) is 1.56. The van der Waals surface area contributed by atoms with Crippen LogP contribution in [-0.4, -0.2) is 56.6 Å². The van der Waals surface area contributed by atoms with E-state index in [2.05, 4.69) is 231 Å². The predicted molar refractivity (Wildman–Crippen MR) is 430 cm³/mol. The third kappa shape index (κ3) is 11.8. The van der Waals surface area contributed by atoms with Crippen molar-refractivity contribution in [1.29, 1.82) is 0 Å². The van der Waals surface area contributed by atoms with Crippen LogP contribution in [0.15, 0.2) is 255 Å². The highest BCUT2D eigenvalue weighted by atomic mass is 35.5. The van der Waals surface area contributed by atoms with Gasteiger partial charge < -0.3 is 25.1 Å². The predicted octanol–water partition coefficient (Wildman–Crippen LogP) is 22.2. The molecular weight excluding hydrogens is 1300 g/mol. The van der Waals surface area contributed by atoms with Crippen molar-refractivity contribution in [1.82, 2.24) is 29.9 Å². The summed E-state index contributed by atoms with van der Waals surface area (Å²) in [6, 6.07) is 90.4. The molecule has 2 spiro atoms. The van der Waals surface area contributed by atoms with E-state index in [0.29, 0.717) is 23.3 Å². The normalized spacial score (nSPS) is 24.7. The molecule has 1 aliphatic heterocycles. The first-order chi connectivity index (χ1) is 49.8. The van der Waals surface area contributed by atoms with Crippen LogP contribution >= 0.6 is 11.6 Å². The maximum atomic E-state index is 6.46. The van der Waals surface area contributed by atoms with Gasteiger partial charge in [0, 0.05) is 38.6 Å². The van der Waals surface area contributed by atoms with Crippen LogP contribution in [0.5, 0.6) is 0 Å². The Hall–Kier alpha value is -9.44. The number of rotatable bonds is 8. The monoisotopic (exact) mass is 1390 g/mol. The van der Waals surface area contributed by atoms with Gasteiger partial charge >= 0.3 is 7.12 Å². The molecule has 2 aromatic heterocycles. The summed E-state index contributed by atoms with van der Waals surface area (Å²) >= 11 is 6.11. The molecule has 12 aromatic rings. The highest BCUT2D eigenvalue weighted by Gasteiger charge is 2.64. The Morgan fingerprint density at radius 2 is 0.581 bits per heavy atom. The fraction of sp³-hybridized carbons (Fsp3) is 0.287. The topological polar surface area (TPSA) is 95.8 Å². The van der Waals surface area contributed by atoms with Crippen molar-refractivity contribution in [3.05, 3.63) is 290 Å². The van der Waals surface area contributed by atoms with Crippen LogP contribution in [0.1, 0.15) is 122 Å². The minimum atomic E-state index is -0.306. The van der Waals surface area contributed by atoms with Gasteiger partial charge in [0.1, 0.15) is 0 Å². The molecule has 23 rings (SSSR count). The summed E-state index contributed by atoms with van der Waals surface area (Å²) in [6.07, 6.45) is 14.1. The lowest BCUT2D eigenvalue weighted by Crippen LogP contribution is -2.55. The molecule has 1 saturated heterocycles. The van der Waals surface area contributed by atoms with Crippen molar-refractivity contribution in [2.45, 2.75) is 121 Å². The minimum absolute atomic E-state index is 0. The lowest BCUT2D eigenvalue weighted by atomic mass is 9.43. The second-order valence-corrected chi connectivity index (χ2v) is 32.1. The maximum absolute atomic E-state index is 6.46. The summed E-state index contributed by atoms with van der Waals surface area (Å²) < 4.78 is 12.9. The van der Waals surface area contributed by atoms with Crippen LogP contribution in [0, 0.1) is 54.8 Å². The SMILES string of the molecule is C.CC1(C)OB(c2ccc3c(c2)C2(c4ccccc4-3)C3CC4CC(C3)CC2C4)OC1(C)C.Clc1nc(-c2ccccc2)nc(-c2ccc(-c3ccccc3)cc2)n1.[B-].[CH3-].c1ccc(-c2ccc(-c3nc(-c4ccccc4)nc(-c4ccc5c(c4)C4(c6ccccc6-5)C5CC6CC(C5)CC4C6)n3)cc2)cc1. The summed E-state index contributed by atoms with van der Waals surface area (Å²) in [4.78, 5) is 28.4. The molecule has 3 heterocycles. The third-order valence-corrected chi connectivity index (χ3v) is 25.9. The van der Waals surface area contributed by atoms with Gasteiger partial charge in [-0.2, -0.15) is 9.97 Å². The Morgan fingerprint density at radius 1 is 0.305 bits per heavy atom. The quantitative estimate of drug-likeness (QED) is 0.110. The van der Waals surface area contributed by atoms with Gasteiger partial charge in [-0.1, -0.05) is 256 Å². The van der Waals surface area contributed by atoms with E-state index < -0.39 is 0 Å². The molecule has 9 fully saturated rings. The zero-order chi connectivity index (χ0) is 68.5. The van der Waals surface area contributed by atoms with Crippen LogP contribution in [0.25, 0.3) is 101 Å². The van der Waals surface area contributed by atoms with Crippen LogP contribution in [-0.2, 0) is 20.1 Å². The average molecular weight is 1390 g/mol. The van der Waals surface area contributed by atoms with E-state index in [1.54, 1.807) is 16.7 Å². The fourth-order valence-electron chi connectivity index (χ4n) is 21.0. The van der Waals surface area contributed by atoms with Gasteiger partial charge in [0.05, 0.1) is 11.2 Å². The van der Waals surface area contributed by atoms with E-state index in [4.69, 9.17) is 35.9 Å². The first-order valence-electron chi connectivity index (χ1n) is 37.3. The van der Waals surface area contributed by atoms with E-state index >= 15 is 0 Å². The number of halogens is 1. The largest absolute Gasteiger partial charge is 1.00 e. The van der Waals surface area contributed by atoms with E-state index in [1.165, 1.54) is 114 Å². The molecular formula is C94H89B2ClN6O2-2. The van der Waals surface area contributed by atoms with E-state index in [-0.39, 0.29) is 57.7 Å². The highest BCUT2D eigenvalue weighted by Crippen LogP contribution is 2.71. The van der Waals surface area contributed by atoms with Gasteiger partial charge in [-0.15, -0.1) is 0 Å². The summed E-state index contributed by atoms with van der Waals surface area (Å²) in [7, 11) is -0.284. The van der Waals surface area contributed by atoms with E-state index in [9.17, 15) is 0 Å². The number of benzene rings is 10. The number of fused-ring (bicyclic) bond motifs is 6. The Labute approximate surface area is 627 Å². The van der Waals surface area contributed by atoms with Gasteiger partial charge in [0.2, 0.25) is 5.28 Å². The fourth-order valence-corrected chi connectivity index (χ4v) is 21.2. The number of hydrogen-bond acceptors (Lipinski definition) is 8. The molecule has 8 nitrogen and oxygen atoms in total. The van der Waals surface area contributed by atoms with Crippen molar-refractivity contribution in [3.8, 4) is 101 Å². The number of aromatic nitrogens is 6. The van der Waals surface area contributed by atoms with Crippen LogP contribution in [0.4, 0.5) is 0 Å². The molecule has 10 aliphatic carbocycles. The summed E-state index contributed by atoms with van der Waals surface area (Å²) in [5.74, 6) is 10.1. The molecule has 10 aromatic carbocycles. The van der Waals surface area contributed by atoms with Crippen LogP contribution in [0.3, 0.4) is 0 Å². The van der Waals surface area contributed by atoms with Gasteiger partial charge in [0.15, 0.2) is 29.1 Å². The third-order valence-electron chi connectivity index (χ3n) is 25.7. The summed E-state index contributed by atoms with van der Waals surface area (Å²) in [5.41, 5.74) is 22.6. The Morgan fingerprint density at radius 3 is 0.971 bits per heavy atom. The number of hydrogen-bond donors (Lipinski definition) is 0. The van der Waals surface area contributed by atoms with E-state index in [0.717, 1.165) is 86.5 Å². The molecule has 522 valence electrons. The Bertz CT molecular complexity index is 5100. The molecule has 0 atom stereocenters. The molecule has 0 amide bonds. The summed E-state index contributed by atoms with van der Waals surface area (Å²) in [5, 5.41) is 0.191. The van der Waals surface area contributed by atoms with Crippen molar-refractivity contribution in [3.63, 3.8) is 0 Å². The molecule has 0 N–H and O–H groups in total. The minimum Gasteiger partial charge on any atom is -1.00 e. The lowest BCUT2D eigenvalue weighted by Gasteiger charge is -2.61. The van der Waals surface area contributed by atoms with E-state index in [1.807, 2.05) is 66.7 Å². The molecule has 4 radical (unpaired) electrons. The maximum Gasteiger partial charge on any atom is 0.494 e. The van der Waals surface area contributed by atoms with Crippen molar-refractivity contribution in [2.75, 3.05) is 0 Å². The lowest BCUT2D eigenvalue weighted by molar-refractivity contribution is -0.0399. The van der Waals surface area contributed by atoms with Crippen molar-refractivity contribution in [2.24, 2.45) is 47.3 Å². The van der Waals surface area contributed by atoms with Gasteiger partial charge in [0.25, 0.3) is 0 Å². The van der Waals surface area contributed by atoms with Crippen LogP contribution < -0.4 is 5.46 Å². The van der Waals surface area contributed by atoms with Crippen molar-refractivity contribution >= 4 is 32.6 Å². The molecule has 11 heteroatoms. The second kappa shape index (κ2) is 27.5. The van der Waals surface area contributed by atoms with Gasteiger partial charge in [-0.25, -0.2) is 19.9 Å². The van der Waals surface area contributed by atoms with Gasteiger partial charge in [-0.05, 0) is 229 Å². The van der Waals surface area contributed by atoms with Gasteiger partial charge in [-0.3, -0.25) is 0 Å². The standard InChI is InChI=1S/C43H35N3.C28H33BO2.C21H14ClN3.CH4.CH3.B/c1-3-9-29(10-4-1)30-15-17-32(18-16-30)41-44-40(31-11-5-2-6-12-31)45-42(46-41)33-19-20-37-36-13-7-8-14-38(36)43(39(37)26-33)34-22-27-21-28(24-34)25-35(43)23-27;1-26(2)27(3,4)31-29(30-26)21-9-10-23-22-7-5-6-8-24(22)28(25(23)16-21)19-12-17-11-18(14-19)15-20(28)13-17;22-21-24-19(17-9-5-2-6-10-17)23-20(25-21)18-13-11-16(12-14-18)15-7-3-1-4-8-15;;;/h1-20,26-28,34-35H,21-25H2;5-10,16-20H,11-15H2,1-4H3;1-14H;1H4;1H3;/q;;;;2*-1.